The SMILES string of the molecule is O=C1CC(Cl)=CC=C1C(=O)c1ccc(C2OCCO2)s1. The molecule has 104 valence electrons. The zero-order valence-electron chi connectivity index (χ0n) is 10.4. The Balaban J connectivity index is 1.82. The third-order valence-electron chi connectivity index (χ3n) is 3.01. The molecule has 4 nitrogen and oxygen atoms in total. The summed E-state index contributed by atoms with van der Waals surface area (Å²) in [5.41, 5.74) is 0.177. The monoisotopic (exact) mass is 310 g/mol. The van der Waals surface area contributed by atoms with Gasteiger partial charge in [0.05, 0.1) is 28.5 Å². The number of ether oxygens (including phenoxy) is 2. The first-order valence-electron chi connectivity index (χ1n) is 6.12. The second-order valence-corrected chi connectivity index (χ2v) is 6.00. The minimum Gasteiger partial charge on any atom is -0.345 e. The molecule has 1 saturated heterocycles. The summed E-state index contributed by atoms with van der Waals surface area (Å²) in [7, 11) is 0. The lowest BCUT2D eigenvalue weighted by Crippen LogP contribution is -2.14. The van der Waals surface area contributed by atoms with Crippen molar-refractivity contribution in [1.82, 2.24) is 0 Å². The normalized spacial score (nSPS) is 19.9. The van der Waals surface area contributed by atoms with E-state index in [4.69, 9.17) is 21.1 Å². The number of halogens is 1. The fourth-order valence-electron chi connectivity index (χ4n) is 2.03. The highest BCUT2D eigenvalue weighted by atomic mass is 35.5. The number of allylic oxidation sites excluding steroid dienone is 4. The van der Waals surface area contributed by atoms with E-state index >= 15 is 0 Å². The summed E-state index contributed by atoms with van der Waals surface area (Å²) in [5.74, 6) is -0.518. The molecule has 2 heterocycles. The third kappa shape index (κ3) is 2.62. The molecule has 6 heteroatoms. The Hall–Kier alpha value is -1.27. The average Bonchev–Trinajstić information content (AvgIpc) is 3.09. The van der Waals surface area contributed by atoms with Gasteiger partial charge in [-0.1, -0.05) is 11.6 Å². The summed E-state index contributed by atoms with van der Waals surface area (Å²) in [6.07, 6.45) is 2.77. The molecule has 0 aromatic carbocycles. The van der Waals surface area contributed by atoms with Crippen LogP contribution in [0.2, 0.25) is 0 Å². The van der Waals surface area contributed by atoms with Crippen LogP contribution < -0.4 is 0 Å². The van der Waals surface area contributed by atoms with Crippen LogP contribution >= 0.6 is 22.9 Å². The van der Waals surface area contributed by atoms with Crippen molar-refractivity contribution in [3.63, 3.8) is 0 Å². The van der Waals surface area contributed by atoms with E-state index in [9.17, 15) is 9.59 Å². The Labute approximate surface area is 124 Å². The maximum Gasteiger partial charge on any atom is 0.206 e. The molecule has 0 spiro atoms. The number of thiophene rings is 1. The average molecular weight is 311 g/mol. The van der Waals surface area contributed by atoms with Gasteiger partial charge in [-0.15, -0.1) is 11.3 Å². The van der Waals surface area contributed by atoms with Gasteiger partial charge in [0.1, 0.15) is 0 Å². The van der Waals surface area contributed by atoms with Gasteiger partial charge >= 0.3 is 0 Å². The molecule has 0 bridgehead atoms. The van der Waals surface area contributed by atoms with E-state index in [1.807, 2.05) is 0 Å². The lowest BCUT2D eigenvalue weighted by Gasteiger charge is -2.08. The van der Waals surface area contributed by atoms with E-state index in [0.29, 0.717) is 23.1 Å². The van der Waals surface area contributed by atoms with Crippen molar-refractivity contribution in [2.75, 3.05) is 13.2 Å². The summed E-state index contributed by atoms with van der Waals surface area (Å²) in [6, 6.07) is 3.49. The van der Waals surface area contributed by atoms with Gasteiger partial charge in [-0.05, 0) is 24.3 Å². The van der Waals surface area contributed by atoms with E-state index in [1.165, 1.54) is 17.4 Å². The Kier molecular flexibility index (Phi) is 3.85. The van der Waals surface area contributed by atoms with Gasteiger partial charge in [0.2, 0.25) is 5.78 Å². The molecule has 1 aliphatic carbocycles. The number of Topliss-reactive ketones (excluding diaryl/α,β-unsaturated/α-hetero) is 2. The van der Waals surface area contributed by atoms with Gasteiger partial charge in [0, 0.05) is 11.5 Å². The van der Waals surface area contributed by atoms with Crippen molar-refractivity contribution in [3.8, 4) is 0 Å². The largest absolute Gasteiger partial charge is 0.345 e. The Bertz CT molecular complexity index is 623. The summed E-state index contributed by atoms with van der Waals surface area (Å²) < 4.78 is 10.8. The first-order valence-corrected chi connectivity index (χ1v) is 7.32. The molecule has 1 aliphatic heterocycles. The molecule has 0 saturated carbocycles. The van der Waals surface area contributed by atoms with Crippen molar-refractivity contribution in [1.29, 1.82) is 0 Å². The standard InChI is InChI=1S/C14H11ClO4S/c15-8-1-2-9(10(16)7-8)13(17)11-3-4-12(20-11)14-18-5-6-19-14/h1-4,14H,5-7H2. The summed E-state index contributed by atoms with van der Waals surface area (Å²) >= 11 is 7.06. The van der Waals surface area contributed by atoms with Crippen molar-refractivity contribution < 1.29 is 19.1 Å². The van der Waals surface area contributed by atoms with Crippen LogP contribution in [0, 0.1) is 0 Å². The Morgan fingerprint density at radius 1 is 1.25 bits per heavy atom. The van der Waals surface area contributed by atoms with Crippen molar-refractivity contribution in [2.24, 2.45) is 0 Å². The molecule has 1 aromatic rings. The fourth-order valence-corrected chi connectivity index (χ4v) is 3.18. The number of carbonyl (C=O) groups is 2. The molecule has 2 aliphatic rings. The van der Waals surface area contributed by atoms with Crippen molar-refractivity contribution >= 4 is 34.5 Å². The van der Waals surface area contributed by atoms with E-state index < -0.39 is 6.29 Å². The lowest BCUT2D eigenvalue weighted by molar-refractivity contribution is -0.114. The molecular formula is C14H11ClO4S. The van der Waals surface area contributed by atoms with Crippen LogP contribution in [0.15, 0.2) is 34.9 Å². The zero-order chi connectivity index (χ0) is 14.1. The molecule has 0 atom stereocenters. The van der Waals surface area contributed by atoms with Gasteiger partial charge in [-0.3, -0.25) is 9.59 Å². The second kappa shape index (κ2) is 5.61. The molecule has 1 aromatic heterocycles. The highest BCUT2D eigenvalue weighted by Gasteiger charge is 2.26. The number of ketones is 2. The highest BCUT2D eigenvalue weighted by Crippen LogP contribution is 2.31. The van der Waals surface area contributed by atoms with Crippen molar-refractivity contribution in [2.45, 2.75) is 12.7 Å². The van der Waals surface area contributed by atoms with Gasteiger partial charge < -0.3 is 9.47 Å². The summed E-state index contributed by atoms with van der Waals surface area (Å²) in [5, 5.41) is 0.450. The van der Waals surface area contributed by atoms with Crippen LogP contribution in [-0.4, -0.2) is 24.8 Å². The minimum absolute atomic E-state index is 0.0895. The highest BCUT2D eigenvalue weighted by molar-refractivity contribution is 7.14. The van der Waals surface area contributed by atoms with Crippen LogP contribution in [0.5, 0.6) is 0 Å². The topological polar surface area (TPSA) is 52.6 Å². The molecule has 3 rings (SSSR count). The minimum atomic E-state index is -0.396. The molecule has 0 amide bonds. The van der Waals surface area contributed by atoms with Crippen molar-refractivity contribution in [3.05, 3.63) is 44.6 Å². The molecule has 20 heavy (non-hydrogen) atoms. The van der Waals surface area contributed by atoms with E-state index in [-0.39, 0.29) is 23.6 Å². The lowest BCUT2D eigenvalue weighted by atomic mass is 9.99. The maximum atomic E-state index is 12.3. The summed E-state index contributed by atoms with van der Waals surface area (Å²) in [4.78, 5) is 25.5. The number of hydrogen-bond acceptors (Lipinski definition) is 5. The van der Waals surface area contributed by atoms with Crippen LogP contribution in [-0.2, 0) is 14.3 Å². The smallest absolute Gasteiger partial charge is 0.206 e. The van der Waals surface area contributed by atoms with Gasteiger partial charge in [0.25, 0.3) is 0 Å². The van der Waals surface area contributed by atoms with Crippen LogP contribution in [0.25, 0.3) is 0 Å². The van der Waals surface area contributed by atoms with E-state index in [1.54, 1.807) is 18.2 Å². The van der Waals surface area contributed by atoms with E-state index in [0.717, 1.165) is 4.88 Å². The predicted molar refractivity (Wildman–Crippen MR) is 74.9 cm³/mol. The predicted octanol–water partition coefficient (Wildman–Crippen LogP) is 3.00. The molecule has 1 fully saturated rings. The zero-order valence-corrected chi connectivity index (χ0v) is 12.0. The third-order valence-corrected chi connectivity index (χ3v) is 4.38. The van der Waals surface area contributed by atoms with Crippen LogP contribution in [0.1, 0.15) is 27.3 Å². The second-order valence-electron chi connectivity index (χ2n) is 4.40. The molecule has 0 unspecified atom stereocenters. The molecular weight excluding hydrogens is 300 g/mol. The van der Waals surface area contributed by atoms with Gasteiger partial charge in [-0.25, -0.2) is 0 Å². The molecule has 0 N–H and O–H groups in total. The Morgan fingerprint density at radius 2 is 2.00 bits per heavy atom. The fraction of sp³-hybridized carbons (Fsp3) is 0.286. The maximum absolute atomic E-state index is 12.3. The Morgan fingerprint density at radius 3 is 2.70 bits per heavy atom. The molecule has 0 radical (unpaired) electrons. The number of carbonyl (C=O) groups excluding carboxylic acids is 2. The number of hydrogen-bond donors (Lipinski definition) is 0. The summed E-state index contributed by atoms with van der Waals surface area (Å²) in [6.45, 7) is 1.11. The quantitative estimate of drug-likeness (QED) is 0.636. The number of rotatable bonds is 3. The van der Waals surface area contributed by atoms with Crippen LogP contribution in [0.4, 0.5) is 0 Å². The van der Waals surface area contributed by atoms with Gasteiger partial charge in [0.15, 0.2) is 12.1 Å². The first-order chi connectivity index (χ1) is 9.65. The first kappa shape index (κ1) is 13.7. The van der Waals surface area contributed by atoms with Crippen LogP contribution in [0.3, 0.4) is 0 Å². The van der Waals surface area contributed by atoms with E-state index in [2.05, 4.69) is 0 Å². The van der Waals surface area contributed by atoms with Gasteiger partial charge in [-0.2, -0.15) is 0 Å².